The van der Waals surface area contributed by atoms with Crippen molar-refractivity contribution in [2.45, 2.75) is 58.6 Å². The van der Waals surface area contributed by atoms with Crippen molar-refractivity contribution in [3.63, 3.8) is 0 Å². The number of aliphatic hydroxyl groups excluding tert-OH is 1. The van der Waals surface area contributed by atoms with Crippen LogP contribution < -0.4 is 51.3 Å². The van der Waals surface area contributed by atoms with Gasteiger partial charge in [0.15, 0.2) is 23.6 Å². The highest BCUT2D eigenvalue weighted by Gasteiger charge is 2.46. The maximum absolute atomic E-state index is 15.2. The van der Waals surface area contributed by atoms with E-state index in [9.17, 15) is 38.7 Å². The number of aromatic nitrogens is 5. The summed E-state index contributed by atoms with van der Waals surface area (Å²) < 4.78 is 13.7. The van der Waals surface area contributed by atoms with Crippen molar-refractivity contribution in [1.29, 1.82) is 0 Å². The van der Waals surface area contributed by atoms with E-state index < -0.39 is 80.9 Å². The van der Waals surface area contributed by atoms with Crippen LogP contribution in [0.3, 0.4) is 0 Å². The van der Waals surface area contributed by atoms with Crippen LogP contribution in [0.25, 0.3) is 39.3 Å². The number of para-hydroxylation sites is 4. The molecule has 13 aromatic rings. The van der Waals surface area contributed by atoms with Gasteiger partial charge in [0.1, 0.15) is 0 Å². The molecule has 5 heterocycles. The van der Waals surface area contributed by atoms with Crippen LogP contribution in [-0.4, -0.2) is 58.9 Å². The number of ether oxygens (including phenoxy) is 2. The van der Waals surface area contributed by atoms with Crippen LogP contribution in [0, 0.1) is 0 Å². The Kier molecular flexibility index (Phi) is 17.3. The smallest absolute Gasteiger partial charge is 0.338 e. The third kappa shape index (κ3) is 11.6. The lowest BCUT2D eigenvalue weighted by Gasteiger charge is -2.31. The van der Waals surface area contributed by atoms with Crippen LogP contribution in [0.2, 0.25) is 0 Å². The largest absolute Gasteiger partial charge is 0.419 e. The molecule has 0 radical (unpaired) electrons. The summed E-state index contributed by atoms with van der Waals surface area (Å²) in [5.74, 6) is -6.42. The number of carbonyl (C=O) groups is 5. The number of fused-ring (bicyclic) bond motifs is 4. The van der Waals surface area contributed by atoms with E-state index in [4.69, 9.17) is 9.47 Å². The zero-order chi connectivity index (χ0) is 75.9. The van der Waals surface area contributed by atoms with Crippen molar-refractivity contribution in [2.75, 3.05) is 19.6 Å². The summed E-state index contributed by atoms with van der Waals surface area (Å²) in [5, 5.41) is 10.9. The summed E-state index contributed by atoms with van der Waals surface area (Å²) >= 11 is 0. The van der Waals surface area contributed by atoms with Gasteiger partial charge in [-0.25, -0.2) is 28.5 Å². The van der Waals surface area contributed by atoms with Crippen molar-refractivity contribution < 1.29 is 38.6 Å². The summed E-state index contributed by atoms with van der Waals surface area (Å²) in [5.41, 5.74) is 1.21. The van der Waals surface area contributed by atoms with Gasteiger partial charge in [-0.2, -0.15) is 15.0 Å². The minimum Gasteiger partial charge on any atom is -0.419 e. The summed E-state index contributed by atoms with van der Waals surface area (Å²) in [6.07, 6.45) is -0.831. The Morgan fingerprint density at radius 3 is 1.25 bits per heavy atom. The normalized spacial score (nSPS) is 13.4. The van der Waals surface area contributed by atoms with E-state index in [1.165, 1.54) is 32.0 Å². The number of rotatable bonds is 19. The van der Waals surface area contributed by atoms with Crippen LogP contribution in [0.4, 0.5) is 45.8 Å². The fraction of sp³-hybridized carbons (Fsp3) is 0.103. The SMILES string of the molecule is C=Cc1nc(N2C(=O)c3cc4c(cc3C2O)C(=O)N(c2cccc(N(c3ccccc3)c3ccccc3)c2OC(=O)C(=C)C)C4=O)nc(-n2c(=O)c3cc4c(=O)n(-c5cccc(N(c6ccc(C(C)(C)c7ccccc7)cc6)c6ccc(C(C)(C)c7ccccc7)cc6)c5OC(=O)C(=C)C)c(=O)c4cc3c2=O)n1. The molecule has 0 spiro atoms. The minimum atomic E-state index is -1.96. The van der Waals surface area contributed by atoms with Gasteiger partial charge in [-0.15, -0.1) is 0 Å². The van der Waals surface area contributed by atoms with Gasteiger partial charge in [0.2, 0.25) is 11.9 Å². The number of imide groups is 1. The Balaban J connectivity index is 0.787. The van der Waals surface area contributed by atoms with Crippen molar-refractivity contribution in [2.24, 2.45) is 0 Å². The molecule has 1 atom stereocenters. The summed E-state index contributed by atoms with van der Waals surface area (Å²) in [6, 6.07) is 68.2. The molecule has 1 unspecified atom stereocenters. The van der Waals surface area contributed by atoms with E-state index in [2.05, 4.69) is 86.6 Å². The number of nitrogens with zero attached hydrogens (tertiary/aromatic N) is 9. The molecule has 530 valence electrons. The Morgan fingerprint density at radius 2 is 0.815 bits per heavy atom. The highest BCUT2D eigenvalue weighted by atomic mass is 16.5. The van der Waals surface area contributed by atoms with E-state index in [1.807, 2.05) is 150 Å². The number of benzene rings is 10. The second kappa shape index (κ2) is 26.8. The predicted molar refractivity (Wildman–Crippen MR) is 414 cm³/mol. The molecule has 108 heavy (non-hydrogen) atoms. The van der Waals surface area contributed by atoms with E-state index in [-0.39, 0.29) is 95.0 Å². The molecule has 0 fully saturated rings. The van der Waals surface area contributed by atoms with E-state index in [1.54, 1.807) is 29.2 Å². The first-order valence-electron chi connectivity index (χ1n) is 34.3. The average Bonchev–Trinajstić information content (AvgIpc) is 1.58. The fourth-order valence-corrected chi connectivity index (χ4v) is 13.9. The number of anilines is 8. The molecule has 21 nitrogen and oxygen atoms in total. The molecule has 2 aliphatic rings. The van der Waals surface area contributed by atoms with Crippen molar-refractivity contribution in [3.8, 4) is 23.1 Å². The predicted octanol–water partition coefficient (Wildman–Crippen LogP) is 14.7. The molecule has 15 rings (SSSR count). The van der Waals surface area contributed by atoms with Crippen molar-refractivity contribution in [3.05, 3.63) is 353 Å². The number of amides is 3. The standard InChI is InChI=1S/C87H65N9O12/c1-10-71-88-84(95-78(101)63-45-59-60(46-64(63)79(95)102)75(98)93(74(59)97)69-35-23-33-67(72(69)107-82(105)49(2)3)91(55-29-19-13-20-30-55)56-31-21-14-22-32-56)90-85(89-71)96-80(103)65-47-61-62(48-66(65)81(96)104)77(100)94(76(61)99)70-36-24-34-68(73(70)108-83(106)50(4)5)92(57-41-37-53(38-42-57)86(6,7)51-25-15-11-16-26-51)58-43-39-54(40-44-58)87(8,9)52-27-17-12-18-28-52/h10-48,78,101H,1-2,4H2,3,5-9H3. The van der Waals surface area contributed by atoms with Gasteiger partial charge in [-0.1, -0.05) is 181 Å². The molecule has 0 saturated carbocycles. The third-order valence-electron chi connectivity index (χ3n) is 19.9. The molecule has 0 aliphatic carbocycles. The topological polar surface area (TPSA) is 254 Å². The zero-order valence-electron chi connectivity index (χ0n) is 59.2. The van der Waals surface area contributed by atoms with Crippen molar-refractivity contribution in [1.82, 2.24) is 24.1 Å². The van der Waals surface area contributed by atoms with Gasteiger partial charge < -0.3 is 24.4 Å². The quantitative estimate of drug-likeness (QED) is 0.0342. The number of aliphatic hydroxyl groups is 1. The summed E-state index contributed by atoms with van der Waals surface area (Å²) in [4.78, 5) is 150. The van der Waals surface area contributed by atoms with Gasteiger partial charge in [0.05, 0.1) is 55.4 Å². The molecular formula is C87H65N9O12. The molecule has 3 aromatic heterocycles. The Bertz CT molecular complexity index is 5990. The molecule has 0 bridgehead atoms. The van der Waals surface area contributed by atoms with Crippen LogP contribution >= 0.6 is 0 Å². The van der Waals surface area contributed by atoms with Crippen molar-refractivity contribution >= 4 is 103 Å². The molecule has 10 aromatic carbocycles. The number of hydrogen-bond acceptors (Lipinski definition) is 17. The highest BCUT2D eigenvalue weighted by Crippen LogP contribution is 2.49. The first kappa shape index (κ1) is 69.5. The number of hydrogen-bond donors (Lipinski definition) is 1. The zero-order valence-corrected chi connectivity index (χ0v) is 59.2. The van der Waals surface area contributed by atoms with E-state index in [0.29, 0.717) is 32.2 Å². The van der Waals surface area contributed by atoms with E-state index in [0.717, 1.165) is 56.0 Å². The fourth-order valence-electron chi connectivity index (χ4n) is 13.9. The average molecular weight is 1430 g/mol. The lowest BCUT2D eigenvalue weighted by Crippen LogP contribution is -2.32. The summed E-state index contributed by atoms with van der Waals surface area (Å²) in [7, 11) is 0. The van der Waals surface area contributed by atoms with E-state index >= 15 is 9.59 Å². The Labute approximate surface area is 617 Å². The van der Waals surface area contributed by atoms with Gasteiger partial charge in [0, 0.05) is 55.9 Å². The molecule has 2 aliphatic heterocycles. The van der Waals surface area contributed by atoms with Gasteiger partial charge >= 0.3 is 11.9 Å². The second-order valence-corrected chi connectivity index (χ2v) is 27.3. The summed E-state index contributed by atoms with van der Waals surface area (Å²) in [6.45, 7) is 22.8. The monoisotopic (exact) mass is 1430 g/mol. The second-order valence-electron chi connectivity index (χ2n) is 27.3. The first-order valence-corrected chi connectivity index (χ1v) is 34.3. The molecule has 3 amide bonds. The maximum Gasteiger partial charge on any atom is 0.338 e. The maximum atomic E-state index is 15.2. The molecule has 0 saturated heterocycles. The minimum absolute atomic E-state index is 0.00347. The van der Waals surface area contributed by atoms with Crippen LogP contribution in [0.5, 0.6) is 11.5 Å². The lowest BCUT2D eigenvalue weighted by molar-refractivity contribution is -0.130. The Morgan fingerprint density at radius 1 is 0.435 bits per heavy atom. The first-order chi connectivity index (χ1) is 51.9. The Hall–Kier alpha value is -14.2. The number of esters is 2. The van der Waals surface area contributed by atoms with Crippen LogP contribution in [0.15, 0.2) is 281 Å². The molecular weight excluding hydrogens is 1360 g/mol. The van der Waals surface area contributed by atoms with Gasteiger partial charge in [-0.3, -0.25) is 33.6 Å². The van der Waals surface area contributed by atoms with Crippen LogP contribution in [0.1, 0.15) is 112 Å². The van der Waals surface area contributed by atoms with Gasteiger partial charge in [0.25, 0.3) is 40.0 Å². The number of carbonyl (C=O) groups excluding carboxylic acids is 5. The third-order valence-corrected chi connectivity index (χ3v) is 19.9. The molecule has 21 heteroatoms. The molecule has 1 N–H and O–H groups in total. The highest BCUT2D eigenvalue weighted by molar-refractivity contribution is 6.36. The van der Waals surface area contributed by atoms with Crippen LogP contribution in [-0.2, 0) is 20.4 Å². The lowest BCUT2D eigenvalue weighted by atomic mass is 9.78. The van der Waals surface area contributed by atoms with Gasteiger partial charge in [-0.05, 0) is 139 Å².